The van der Waals surface area contributed by atoms with Crippen molar-refractivity contribution in [2.75, 3.05) is 6.54 Å². The van der Waals surface area contributed by atoms with Crippen molar-refractivity contribution in [3.8, 4) is 0 Å². The van der Waals surface area contributed by atoms with Crippen LogP contribution in [-0.4, -0.2) is 35.1 Å². The summed E-state index contributed by atoms with van der Waals surface area (Å²) in [5, 5.41) is 12.1. The molecular weight excluding hydrogens is 368 g/mol. The molecule has 0 saturated carbocycles. The molecule has 6 nitrogen and oxygen atoms in total. The standard InChI is InChI=1S/C13H15NO2.C10H17NO2/c1-2-13(10-6-4-3-5-7-10)9-8-11(15)14-12(13)16;1-4-10(5-2)8(12)7(3)6-11-9(10)13/h3-7H,2,8-9H2,1H3,(H,14,15,16);7H,4-6H2,1-3H3,(H,11,13). The van der Waals surface area contributed by atoms with E-state index in [4.69, 9.17) is 0 Å². The van der Waals surface area contributed by atoms with Crippen LogP contribution < -0.4 is 5.32 Å². The van der Waals surface area contributed by atoms with Crippen LogP contribution in [0.2, 0.25) is 0 Å². The normalized spacial score (nSPS) is 26.1. The highest BCUT2D eigenvalue weighted by atomic mass is 16.3. The number of hydrogen-bond donors (Lipinski definition) is 2. The third-order valence-corrected chi connectivity index (χ3v) is 6.47. The lowest BCUT2D eigenvalue weighted by Crippen LogP contribution is -2.51. The van der Waals surface area contributed by atoms with Crippen LogP contribution in [0, 0.1) is 11.3 Å². The zero-order valence-corrected chi connectivity index (χ0v) is 17.8. The Hall–Kier alpha value is -2.50. The molecule has 2 N–H and O–H groups in total. The third-order valence-electron chi connectivity index (χ3n) is 6.47. The minimum Gasteiger partial charge on any atom is -0.496 e. The van der Waals surface area contributed by atoms with Gasteiger partial charge >= 0.3 is 0 Å². The first-order valence-electron chi connectivity index (χ1n) is 10.4. The van der Waals surface area contributed by atoms with E-state index in [9.17, 15) is 19.5 Å². The van der Waals surface area contributed by atoms with Crippen LogP contribution in [0.4, 0.5) is 0 Å². The zero-order chi connectivity index (χ0) is 21.7. The summed E-state index contributed by atoms with van der Waals surface area (Å²) in [5.41, 5.74) is -0.199. The largest absolute Gasteiger partial charge is 0.496 e. The summed E-state index contributed by atoms with van der Waals surface area (Å²) in [6.45, 7) is 8.14. The van der Waals surface area contributed by atoms with Gasteiger partial charge in [-0.2, -0.15) is 0 Å². The van der Waals surface area contributed by atoms with Gasteiger partial charge in [-0.3, -0.25) is 24.7 Å². The highest BCUT2D eigenvalue weighted by Gasteiger charge is 2.45. The molecule has 2 unspecified atom stereocenters. The molecule has 1 aromatic carbocycles. The number of Topliss-reactive ketones (excluding diaryl/α,β-unsaturated/α-hetero) is 1. The van der Waals surface area contributed by atoms with Crippen LogP contribution in [0.25, 0.3) is 0 Å². The van der Waals surface area contributed by atoms with Gasteiger partial charge in [0.25, 0.3) is 0 Å². The minimum atomic E-state index is -0.683. The van der Waals surface area contributed by atoms with E-state index in [0.717, 1.165) is 12.0 Å². The summed E-state index contributed by atoms with van der Waals surface area (Å²) >= 11 is 0. The maximum atomic E-state index is 12.0. The van der Waals surface area contributed by atoms with Crippen LogP contribution in [0.1, 0.15) is 65.4 Å². The van der Waals surface area contributed by atoms with Gasteiger partial charge in [0.1, 0.15) is 5.41 Å². The zero-order valence-electron chi connectivity index (χ0n) is 17.8. The van der Waals surface area contributed by atoms with Gasteiger partial charge in [0.15, 0.2) is 11.7 Å². The number of imide groups is 1. The number of aliphatic hydroxyl groups excluding tert-OH is 1. The van der Waals surface area contributed by atoms with Crippen molar-refractivity contribution in [1.82, 2.24) is 5.32 Å². The lowest BCUT2D eigenvalue weighted by atomic mass is 9.72. The number of rotatable bonds is 4. The van der Waals surface area contributed by atoms with E-state index in [0.29, 0.717) is 32.2 Å². The number of benzene rings is 1. The number of nitrogens with zero attached hydrogens (tertiary/aromatic N) is 1. The fourth-order valence-electron chi connectivity index (χ4n) is 4.28. The first-order chi connectivity index (χ1) is 13.8. The number of hydrogen-bond acceptors (Lipinski definition) is 4. The molecule has 0 spiro atoms. The monoisotopic (exact) mass is 400 g/mol. The molecule has 1 fully saturated rings. The minimum absolute atomic E-state index is 0.0422. The summed E-state index contributed by atoms with van der Waals surface area (Å²) < 4.78 is 0. The van der Waals surface area contributed by atoms with Crippen LogP contribution in [0.5, 0.6) is 0 Å². The van der Waals surface area contributed by atoms with Gasteiger partial charge in [-0.15, -0.1) is 0 Å². The van der Waals surface area contributed by atoms with Crippen LogP contribution in [0.3, 0.4) is 0 Å². The number of aliphatic hydroxyl groups is 1. The average Bonchev–Trinajstić information content (AvgIpc) is 2.74. The van der Waals surface area contributed by atoms with Gasteiger partial charge in [0.2, 0.25) is 11.8 Å². The maximum absolute atomic E-state index is 12.0. The molecule has 0 bridgehead atoms. The number of carbonyl (C=O) groups is 3. The van der Waals surface area contributed by atoms with Gasteiger partial charge in [0, 0.05) is 12.3 Å². The number of amides is 2. The molecule has 2 amide bonds. The Morgan fingerprint density at radius 3 is 2.17 bits per heavy atom. The summed E-state index contributed by atoms with van der Waals surface area (Å²) in [6.07, 6.45) is 3.03. The molecule has 0 radical (unpaired) electrons. The SMILES string of the molecule is CCC1(CC)C(=O)C(C)CN=C1O.CCC1(c2ccccc2)CCC(=O)NC1=O. The molecule has 2 atom stereocenters. The Morgan fingerprint density at radius 1 is 1.07 bits per heavy atom. The van der Waals surface area contributed by atoms with Crippen molar-refractivity contribution < 1.29 is 19.5 Å². The fraction of sp³-hybridized carbons (Fsp3) is 0.565. The van der Waals surface area contributed by atoms with Crippen molar-refractivity contribution >= 4 is 23.5 Å². The van der Waals surface area contributed by atoms with E-state index < -0.39 is 10.8 Å². The van der Waals surface area contributed by atoms with Crippen LogP contribution in [0.15, 0.2) is 35.3 Å². The Bertz CT molecular complexity index is 783. The average molecular weight is 401 g/mol. The number of nitrogens with one attached hydrogen (secondary N) is 1. The molecule has 0 aromatic heterocycles. The van der Waals surface area contributed by atoms with Crippen molar-refractivity contribution in [2.24, 2.45) is 16.3 Å². The molecule has 2 heterocycles. The Morgan fingerprint density at radius 2 is 1.69 bits per heavy atom. The highest BCUT2D eigenvalue weighted by molar-refractivity contribution is 6.07. The molecule has 158 valence electrons. The Kier molecular flexibility index (Phi) is 7.33. The Balaban J connectivity index is 0.000000212. The summed E-state index contributed by atoms with van der Waals surface area (Å²) in [6, 6.07) is 9.70. The third kappa shape index (κ3) is 4.26. The molecule has 6 heteroatoms. The predicted molar refractivity (Wildman–Crippen MR) is 113 cm³/mol. The number of carbonyl (C=O) groups excluding carboxylic acids is 3. The molecule has 2 aliphatic heterocycles. The van der Waals surface area contributed by atoms with E-state index in [1.165, 1.54) is 0 Å². The number of aliphatic imine (C=N–C) groups is 1. The van der Waals surface area contributed by atoms with Gasteiger partial charge in [-0.1, -0.05) is 58.0 Å². The quantitative estimate of drug-likeness (QED) is 0.753. The number of piperidine rings is 1. The topological polar surface area (TPSA) is 95.8 Å². The highest BCUT2D eigenvalue weighted by Crippen LogP contribution is 2.36. The Labute approximate surface area is 172 Å². The molecule has 1 aromatic rings. The second-order valence-corrected chi connectivity index (χ2v) is 7.90. The first kappa shape index (κ1) is 22.8. The van der Waals surface area contributed by atoms with Gasteiger partial charge < -0.3 is 5.11 Å². The lowest BCUT2D eigenvalue weighted by Gasteiger charge is -2.34. The molecule has 2 aliphatic rings. The van der Waals surface area contributed by atoms with E-state index in [1.54, 1.807) is 0 Å². The van der Waals surface area contributed by atoms with Crippen molar-refractivity contribution in [2.45, 2.75) is 65.2 Å². The molecular formula is C23H32N2O4. The summed E-state index contributed by atoms with van der Waals surface area (Å²) in [7, 11) is 0. The fourth-order valence-corrected chi connectivity index (χ4v) is 4.28. The van der Waals surface area contributed by atoms with E-state index in [2.05, 4.69) is 10.3 Å². The van der Waals surface area contributed by atoms with Gasteiger partial charge in [-0.05, 0) is 31.2 Å². The summed E-state index contributed by atoms with van der Waals surface area (Å²) in [5.74, 6) is -0.177. The second-order valence-electron chi connectivity index (χ2n) is 7.90. The van der Waals surface area contributed by atoms with E-state index in [-0.39, 0.29) is 29.4 Å². The maximum Gasteiger partial charge on any atom is 0.237 e. The number of ketones is 1. The van der Waals surface area contributed by atoms with Crippen molar-refractivity contribution in [3.63, 3.8) is 0 Å². The lowest BCUT2D eigenvalue weighted by molar-refractivity contribution is -0.138. The van der Waals surface area contributed by atoms with E-state index in [1.807, 2.05) is 58.0 Å². The van der Waals surface area contributed by atoms with Crippen molar-refractivity contribution in [1.29, 1.82) is 0 Å². The first-order valence-corrected chi connectivity index (χ1v) is 10.4. The van der Waals surface area contributed by atoms with Crippen molar-refractivity contribution in [3.05, 3.63) is 35.9 Å². The smallest absolute Gasteiger partial charge is 0.237 e. The molecule has 3 rings (SSSR count). The van der Waals surface area contributed by atoms with Gasteiger partial charge in [0.05, 0.1) is 12.0 Å². The molecule has 29 heavy (non-hydrogen) atoms. The van der Waals surface area contributed by atoms with Gasteiger partial charge in [-0.25, -0.2) is 0 Å². The predicted octanol–water partition coefficient (Wildman–Crippen LogP) is 3.74. The van der Waals surface area contributed by atoms with E-state index >= 15 is 0 Å². The van der Waals surface area contributed by atoms with Crippen LogP contribution >= 0.6 is 0 Å². The second kappa shape index (κ2) is 9.33. The molecule has 0 aliphatic carbocycles. The molecule has 1 saturated heterocycles. The summed E-state index contributed by atoms with van der Waals surface area (Å²) in [4.78, 5) is 39.1. The van der Waals surface area contributed by atoms with Crippen LogP contribution in [-0.2, 0) is 19.8 Å².